The van der Waals surface area contributed by atoms with E-state index in [1.165, 1.54) is 24.3 Å². The summed E-state index contributed by atoms with van der Waals surface area (Å²) in [5.74, 6) is -2.52. The molecule has 0 saturated carbocycles. The molecule has 0 atom stereocenters. The van der Waals surface area contributed by atoms with E-state index in [4.69, 9.17) is 6.57 Å². The first-order chi connectivity index (χ1) is 31.1. The Kier molecular flexibility index (Phi) is 9.78. The minimum atomic E-state index is -0.655. The minimum Gasteiger partial charge on any atom is -0.307 e. The fourth-order valence-corrected chi connectivity index (χ4v) is 8.82. The van der Waals surface area contributed by atoms with Crippen LogP contribution in [0.4, 0.5) is 57.4 Å². The average Bonchev–Trinajstić information content (AvgIpc) is 3.31. The third kappa shape index (κ3) is 6.79. The first-order valence-electron chi connectivity index (χ1n) is 20.5. The average molecular weight is 839 g/mol. The van der Waals surface area contributed by atoms with Crippen molar-refractivity contribution >= 4 is 72.1 Å². The molecule has 0 saturated heterocycles. The van der Waals surface area contributed by atoms with Gasteiger partial charge in [-0.1, -0.05) is 108 Å². The highest BCUT2D eigenvalue weighted by molar-refractivity contribution is 6.28. The molecule has 10 rings (SSSR count). The number of aryl methyl sites for hydroxylation is 2. The normalized spacial score (nSPS) is 11.2. The van der Waals surface area contributed by atoms with E-state index in [1.54, 1.807) is 94.7 Å². The van der Waals surface area contributed by atoms with E-state index in [9.17, 15) is 5.26 Å². The SMILES string of the molecule is [C-]#[N+]c1ccc(N(c2cc(F)c(-c3cccc(C)c3)cc2F)c2ccc3ccc4c(N(c5ccc(C#N)cc5)c5cc(F)c(-c6cccc(C)c6)cc5F)ccc5ccc2c3c54)cc1. The van der Waals surface area contributed by atoms with Crippen LogP contribution in [0.25, 0.3) is 59.4 Å². The predicted molar refractivity (Wildman–Crippen MR) is 251 cm³/mol. The summed E-state index contributed by atoms with van der Waals surface area (Å²) in [5.41, 5.74) is 6.00. The number of nitriles is 1. The van der Waals surface area contributed by atoms with Crippen LogP contribution in [0.2, 0.25) is 0 Å². The summed E-state index contributed by atoms with van der Waals surface area (Å²) >= 11 is 0. The van der Waals surface area contributed by atoms with Crippen LogP contribution in [-0.4, -0.2) is 0 Å². The molecule has 0 amide bonds. The molecular weight excluding hydrogens is 805 g/mol. The number of halogens is 4. The van der Waals surface area contributed by atoms with Crippen LogP contribution in [0.5, 0.6) is 0 Å². The van der Waals surface area contributed by atoms with Crippen molar-refractivity contribution in [2.24, 2.45) is 0 Å². The number of nitrogens with zero attached hydrogens (tertiary/aromatic N) is 4. The first-order valence-corrected chi connectivity index (χ1v) is 20.5. The third-order valence-corrected chi connectivity index (χ3v) is 11.8. The predicted octanol–water partition coefficient (Wildman–Crippen LogP) is 16.5. The minimum absolute atomic E-state index is 0.0289. The molecule has 10 aromatic carbocycles. The summed E-state index contributed by atoms with van der Waals surface area (Å²) in [6.07, 6.45) is 0. The van der Waals surface area contributed by atoms with E-state index < -0.39 is 23.3 Å². The zero-order chi connectivity index (χ0) is 44.2. The maximum Gasteiger partial charge on any atom is 0.187 e. The maximum atomic E-state index is 16.8. The Morgan fingerprint density at radius 1 is 0.469 bits per heavy atom. The summed E-state index contributed by atoms with van der Waals surface area (Å²) in [5, 5.41) is 14.4. The molecule has 0 aliphatic carbocycles. The van der Waals surface area contributed by atoms with Gasteiger partial charge >= 0.3 is 0 Å². The van der Waals surface area contributed by atoms with E-state index in [0.717, 1.165) is 32.7 Å². The van der Waals surface area contributed by atoms with Crippen LogP contribution in [0.15, 0.2) is 170 Å². The van der Waals surface area contributed by atoms with Crippen LogP contribution < -0.4 is 9.80 Å². The molecule has 8 heteroatoms. The molecule has 0 fully saturated rings. The number of anilines is 6. The lowest BCUT2D eigenvalue weighted by atomic mass is 9.91. The van der Waals surface area contributed by atoms with E-state index in [0.29, 0.717) is 55.9 Å². The van der Waals surface area contributed by atoms with Gasteiger partial charge in [-0.2, -0.15) is 5.26 Å². The van der Waals surface area contributed by atoms with Crippen molar-refractivity contribution < 1.29 is 17.6 Å². The van der Waals surface area contributed by atoms with Gasteiger partial charge in [0.05, 0.1) is 41.0 Å². The van der Waals surface area contributed by atoms with Crippen LogP contribution in [-0.2, 0) is 0 Å². The summed E-state index contributed by atoms with van der Waals surface area (Å²) < 4.78 is 66.1. The van der Waals surface area contributed by atoms with Crippen LogP contribution >= 0.6 is 0 Å². The zero-order valence-electron chi connectivity index (χ0n) is 34.5. The molecule has 0 spiro atoms. The van der Waals surface area contributed by atoms with E-state index in [1.807, 2.05) is 74.5 Å². The van der Waals surface area contributed by atoms with Crippen LogP contribution in [0, 0.1) is 55.0 Å². The van der Waals surface area contributed by atoms with Gasteiger partial charge in [0, 0.05) is 45.4 Å². The Balaban J connectivity index is 1.20. The van der Waals surface area contributed by atoms with E-state index in [2.05, 4.69) is 10.9 Å². The van der Waals surface area contributed by atoms with Crippen molar-refractivity contribution in [3.8, 4) is 28.3 Å². The van der Waals surface area contributed by atoms with Gasteiger partial charge < -0.3 is 9.80 Å². The fourth-order valence-electron chi connectivity index (χ4n) is 8.82. The lowest BCUT2D eigenvalue weighted by Gasteiger charge is -2.30. The van der Waals surface area contributed by atoms with Gasteiger partial charge in [0.1, 0.15) is 23.3 Å². The van der Waals surface area contributed by atoms with Gasteiger partial charge in [-0.25, -0.2) is 22.4 Å². The second kappa shape index (κ2) is 15.8. The summed E-state index contributed by atoms with van der Waals surface area (Å²) in [6, 6.07) is 50.2. The highest BCUT2D eigenvalue weighted by Gasteiger charge is 2.26. The molecule has 0 N–H and O–H groups in total. The molecule has 64 heavy (non-hydrogen) atoms. The number of benzene rings is 10. The second-order valence-corrected chi connectivity index (χ2v) is 15.9. The Labute approximate surface area is 366 Å². The number of hydrogen-bond acceptors (Lipinski definition) is 3. The van der Waals surface area contributed by atoms with Gasteiger partial charge in [-0.3, -0.25) is 0 Å². The van der Waals surface area contributed by atoms with Gasteiger partial charge in [0.2, 0.25) is 0 Å². The molecule has 10 aromatic rings. The van der Waals surface area contributed by atoms with Crippen molar-refractivity contribution in [1.29, 1.82) is 5.26 Å². The lowest BCUT2D eigenvalue weighted by Crippen LogP contribution is -2.14. The zero-order valence-corrected chi connectivity index (χ0v) is 34.5. The van der Waals surface area contributed by atoms with Crippen molar-refractivity contribution in [2.75, 3.05) is 9.80 Å². The molecule has 0 aromatic heterocycles. The first kappa shape index (κ1) is 39.7. The third-order valence-electron chi connectivity index (χ3n) is 11.8. The fraction of sp³-hybridized carbons (Fsp3) is 0.0357. The van der Waals surface area contributed by atoms with E-state index >= 15 is 17.6 Å². The van der Waals surface area contributed by atoms with Crippen molar-refractivity contribution in [1.82, 2.24) is 0 Å². The quantitative estimate of drug-likeness (QED) is 0.0868. The highest BCUT2D eigenvalue weighted by Crippen LogP contribution is 2.49. The molecule has 0 unspecified atom stereocenters. The Hall–Kier alpha value is -8.46. The summed E-state index contributed by atoms with van der Waals surface area (Å²) in [4.78, 5) is 6.87. The Morgan fingerprint density at radius 2 is 0.906 bits per heavy atom. The maximum absolute atomic E-state index is 16.8. The Morgan fingerprint density at radius 3 is 1.33 bits per heavy atom. The summed E-state index contributed by atoms with van der Waals surface area (Å²) in [7, 11) is 0. The van der Waals surface area contributed by atoms with Crippen molar-refractivity contribution in [3.63, 3.8) is 0 Å². The molecule has 0 heterocycles. The molecule has 0 aliphatic rings. The van der Waals surface area contributed by atoms with Crippen LogP contribution in [0.3, 0.4) is 0 Å². The topological polar surface area (TPSA) is 34.6 Å². The largest absolute Gasteiger partial charge is 0.307 e. The second-order valence-electron chi connectivity index (χ2n) is 15.9. The molecular formula is C56H34F4N4. The number of rotatable bonds is 8. The molecule has 306 valence electrons. The number of hydrogen-bond donors (Lipinski definition) is 0. The van der Waals surface area contributed by atoms with Crippen LogP contribution in [0.1, 0.15) is 16.7 Å². The smallest absolute Gasteiger partial charge is 0.187 e. The van der Waals surface area contributed by atoms with Gasteiger partial charge in [-0.05, 0) is 107 Å². The Bertz CT molecular complexity index is 3310. The molecule has 0 radical (unpaired) electrons. The van der Waals surface area contributed by atoms with Crippen molar-refractivity contribution in [3.05, 3.63) is 221 Å². The highest BCUT2D eigenvalue weighted by atomic mass is 19.1. The lowest BCUT2D eigenvalue weighted by molar-refractivity contribution is 0.604. The van der Waals surface area contributed by atoms with Gasteiger partial charge in [0.15, 0.2) is 5.69 Å². The van der Waals surface area contributed by atoms with Crippen molar-refractivity contribution in [2.45, 2.75) is 13.8 Å². The summed E-state index contributed by atoms with van der Waals surface area (Å²) in [6.45, 7) is 11.3. The molecule has 0 aliphatic heterocycles. The standard InChI is InChI=1S/C56H34F4N4/c1-33-6-4-8-38(26-33)45-28-49(59)53(30-47(45)57)63(41-18-10-35(32-61)11-19-41)51-24-14-36-13-23-44-52(25-15-37-12-22-43(51)55(36)56(37)44)64(42-20-16-40(62-3)17-21-42)54-31-48(58)46(29-50(54)60)39-9-5-7-34(2)27-39/h4-31H,1-2H3. The molecule has 0 bridgehead atoms. The molecule has 4 nitrogen and oxygen atoms in total. The van der Waals surface area contributed by atoms with Gasteiger partial charge in [0.25, 0.3) is 0 Å². The van der Waals surface area contributed by atoms with Gasteiger partial charge in [-0.15, -0.1) is 0 Å². The monoisotopic (exact) mass is 838 g/mol. The van der Waals surface area contributed by atoms with E-state index in [-0.39, 0.29) is 22.5 Å².